The second-order valence-electron chi connectivity index (χ2n) is 7.14. The molecule has 1 fully saturated rings. The van der Waals surface area contributed by atoms with E-state index in [0.717, 1.165) is 17.7 Å². The summed E-state index contributed by atoms with van der Waals surface area (Å²) in [6.07, 6.45) is 4.43. The minimum atomic E-state index is -3.35. The van der Waals surface area contributed by atoms with E-state index >= 15 is 0 Å². The third kappa shape index (κ3) is 5.87. The highest BCUT2D eigenvalue weighted by Gasteiger charge is 2.31. The number of amides is 1. The Morgan fingerprint density at radius 1 is 1.14 bits per heavy atom. The Labute approximate surface area is 167 Å². The number of benzene rings is 1. The van der Waals surface area contributed by atoms with Crippen molar-refractivity contribution in [2.75, 3.05) is 18.8 Å². The third-order valence-corrected chi connectivity index (χ3v) is 6.95. The molecule has 150 valence electrons. The minimum absolute atomic E-state index is 0.102. The molecule has 1 atom stereocenters. The van der Waals surface area contributed by atoms with Crippen molar-refractivity contribution < 1.29 is 13.2 Å². The van der Waals surface area contributed by atoms with Crippen LogP contribution in [0.5, 0.6) is 0 Å². The topological polar surface area (TPSA) is 79.4 Å². The Hall–Kier alpha value is -2.25. The van der Waals surface area contributed by atoms with Crippen molar-refractivity contribution in [1.29, 1.82) is 0 Å². The molecule has 3 rings (SSSR count). The van der Waals surface area contributed by atoms with Crippen LogP contribution in [0.3, 0.4) is 0 Å². The Balaban J connectivity index is 1.49. The first kappa shape index (κ1) is 20.5. The first-order valence-electron chi connectivity index (χ1n) is 9.74. The van der Waals surface area contributed by atoms with E-state index in [-0.39, 0.29) is 24.1 Å². The number of piperidine rings is 1. The molecular weight excluding hydrogens is 374 g/mol. The van der Waals surface area contributed by atoms with Crippen LogP contribution in [0.25, 0.3) is 0 Å². The lowest BCUT2D eigenvalue weighted by molar-refractivity contribution is -0.126. The molecule has 0 radical (unpaired) electrons. The van der Waals surface area contributed by atoms with Crippen LogP contribution in [-0.2, 0) is 27.8 Å². The average Bonchev–Trinajstić information content (AvgIpc) is 2.73. The molecule has 1 saturated heterocycles. The zero-order valence-corrected chi connectivity index (χ0v) is 16.8. The molecule has 1 unspecified atom stereocenters. The molecule has 0 spiro atoms. The highest BCUT2D eigenvalue weighted by atomic mass is 32.2. The van der Waals surface area contributed by atoms with Crippen molar-refractivity contribution in [3.8, 4) is 0 Å². The predicted octanol–water partition coefficient (Wildman–Crippen LogP) is 2.37. The number of aryl methyl sites for hydroxylation is 1. The van der Waals surface area contributed by atoms with Crippen molar-refractivity contribution in [3.63, 3.8) is 0 Å². The van der Waals surface area contributed by atoms with Gasteiger partial charge in [-0.25, -0.2) is 12.7 Å². The zero-order valence-electron chi connectivity index (χ0n) is 16.0. The number of hydrogen-bond acceptors (Lipinski definition) is 4. The van der Waals surface area contributed by atoms with Gasteiger partial charge in [-0.2, -0.15) is 0 Å². The summed E-state index contributed by atoms with van der Waals surface area (Å²) in [5.41, 5.74) is 1.93. The number of nitrogens with zero attached hydrogens (tertiary/aromatic N) is 2. The molecule has 6 nitrogen and oxygen atoms in total. The maximum atomic E-state index is 12.7. The van der Waals surface area contributed by atoms with E-state index in [1.807, 2.05) is 48.5 Å². The van der Waals surface area contributed by atoms with Gasteiger partial charge in [0.05, 0.1) is 23.9 Å². The van der Waals surface area contributed by atoms with E-state index in [1.165, 1.54) is 4.31 Å². The number of carbonyl (C=O) groups is 1. The zero-order chi connectivity index (χ0) is 19.8. The Bertz CT molecular complexity index is 857. The number of carbonyl (C=O) groups excluding carboxylic acids is 1. The van der Waals surface area contributed by atoms with Crippen LogP contribution >= 0.6 is 0 Å². The van der Waals surface area contributed by atoms with Crippen molar-refractivity contribution >= 4 is 15.9 Å². The molecule has 1 aromatic carbocycles. The molecule has 2 heterocycles. The first-order valence-corrected chi connectivity index (χ1v) is 11.3. The molecular formula is C21H27N3O3S. The van der Waals surface area contributed by atoms with Gasteiger partial charge in [0.15, 0.2) is 0 Å². The van der Waals surface area contributed by atoms with Crippen LogP contribution in [0.15, 0.2) is 54.7 Å². The van der Waals surface area contributed by atoms with Crippen molar-refractivity contribution in [2.45, 2.75) is 32.2 Å². The van der Waals surface area contributed by atoms with Crippen molar-refractivity contribution in [1.82, 2.24) is 14.6 Å². The molecule has 7 heteroatoms. The monoisotopic (exact) mass is 401 g/mol. The largest absolute Gasteiger partial charge is 0.350 e. The smallest absolute Gasteiger partial charge is 0.224 e. The maximum Gasteiger partial charge on any atom is 0.224 e. The van der Waals surface area contributed by atoms with Crippen molar-refractivity contribution in [3.05, 3.63) is 66.0 Å². The van der Waals surface area contributed by atoms with Crippen LogP contribution in [0.1, 0.15) is 30.5 Å². The van der Waals surface area contributed by atoms with Gasteiger partial charge in [0.2, 0.25) is 15.9 Å². The van der Waals surface area contributed by atoms with Gasteiger partial charge in [-0.3, -0.25) is 9.78 Å². The molecule has 1 aliphatic rings. The van der Waals surface area contributed by atoms with Gasteiger partial charge in [-0.05, 0) is 43.4 Å². The van der Waals surface area contributed by atoms with Gasteiger partial charge in [-0.15, -0.1) is 0 Å². The molecule has 1 amide bonds. The van der Waals surface area contributed by atoms with Crippen LogP contribution in [-0.4, -0.2) is 42.5 Å². The number of rotatable bonds is 8. The standard InChI is InChI=1S/C21H27N3O3S/c25-21(23-16-20-12-4-5-13-22-20)19-11-6-14-24(17-19)28(26,27)15-7-10-18-8-2-1-3-9-18/h1-5,8-9,12-13,19H,6-7,10-11,14-17H2,(H,23,25). The molecule has 1 aliphatic heterocycles. The maximum absolute atomic E-state index is 12.7. The molecule has 1 N–H and O–H groups in total. The van der Waals surface area contributed by atoms with Crippen LogP contribution in [0.4, 0.5) is 0 Å². The van der Waals surface area contributed by atoms with Crippen LogP contribution < -0.4 is 5.32 Å². The van der Waals surface area contributed by atoms with E-state index in [2.05, 4.69) is 10.3 Å². The van der Waals surface area contributed by atoms with Crippen LogP contribution in [0, 0.1) is 5.92 Å². The van der Waals surface area contributed by atoms with Crippen LogP contribution in [0.2, 0.25) is 0 Å². The Morgan fingerprint density at radius 3 is 2.68 bits per heavy atom. The quantitative estimate of drug-likeness (QED) is 0.737. The third-order valence-electron chi connectivity index (χ3n) is 5.03. The number of sulfonamides is 1. The summed E-state index contributed by atoms with van der Waals surface area (Å²) in [7, 11) is -3.35. The van der Waals surface area contributed by atoms with E-state index in [1.54, 1.807) is 6.20 Å². The molecule has 0 aliphatic carbocycles. The van der Waals surface area contributed by atoms with E-state index < -0.39 is 10.0 Å². The lowest BCUT2D eigenvalue weighted by Gasteiger charge is -2.31. The molecule has 0 saturated carbocycles. The first-order chi connectivity index (χ1) is 13.5. The van der Waals surface area contributed by atoms with Gasteiger partial charge < -0.3 is 5.32 Å². The second-order valence-corrected chi connectivity index (χ2v) is 9.23. The van der Waals surface area contributed by atoms with Gasteiger partial charge >= 0.3 is 0 Å². The minimum Gasteiger partial charge on any atom is -0.350 e. The number of aromatic nitrogens is 1. The fourth-order valence-corrected chi connectivity index (χ4v) is 5.05. The SMILES string of the molecule is O=C(NCc1ccccn1)C1CCCN(S(=O)(=O)CCCc2ccccc2)C1. The van der Waals surface area contributed by atoms with E-state index in [9.17, 15) is 13.2 Å². The normalized spacial score (nSPS) is 17.9. The van der Waals surface area contributed by atoms with Gasteiger partial charge in [0.25, 0.3) is 0 Å². The van der Waals surface area contributed by atoms with E-state index in [0.29, 0.717) is 32.4 Å². The highest BCUT2D eigenvalue weighted by molar-refractivity contribution is 7.89. The Morgan fingerprint density at radius 2 is 1.93 bits per heavy atom. The Kier molecular flexibility index (Phi) is 7.17. The summed E-state index contributed by atoms with van der Waals surface area (Å²) in [4.78, 5) is 16.7. The number of hydrogen-bond donors (Lipinski definition) is 1. The summed E-state index contributed by atoms with van der Waals surface area (Å²) < 4.78 is 26.9. The fourth-order valence-electron chi connectivity index (χ4n) is 3.47. The lowest BCUT2D eigenvalue weighted by Crippen LogP contribution is -2.46. The summed E-state index contributed by atoms with van der Waals surface area (Å²) in [6.45, 7) is 1.12. The van der Waals surface area contributed by atoms with Gasteiger partial charge in [0, 0.05) is 19.3 Å². The van der Waals surface area contributed by atoms with E-state index in [4.69, 9.17) is 0 Å². The van der Waals surface area contributed by atoms with Crippen molar-refractivity contribution in [2.24, 2.45) is 5.92 Å². The molecule has 0 bridgehead atoms. The molecule has 1 aromatic heterocycles. The lowest BCUT2D eigenvalue weighted by atomic mass is 9.99. The summed E-state index contributed by atoms with van der Waals surface area (Å²) in [5, 5.41) is 2.88. The summed E-state index contributed by atoms with van der Waals surface area (Å²) >= 11 is 0. The average molecular weight is 402 g/mol. The predicted molar refractivity (Wildman–Crippen MR) is 109 cm³/mol. The molecule has 28 heavy (non-hydrogen) atoms. The van der Waals surface area contributed by atoms with Gasteiger partial charge in [0.1, 0.15) is 0 Å². The highest BCUT2D eigenvalue weighted by Crippen LogP contribution is 2.20. The second kappa shape index (κ2) is 9.80. The molecule has 2 aromatic rings. The fraction of sp³-hybridized carbons (Fsp3) is 0.429. The summed E-state index contributed by atoms with van der Waals surface area (Å²) in [6, 6.07) is 15.4. The summed E-state index contributed by atoms with van der Waals surface area (Å²) in [5.74, 6) is -0.291. The van der Waals surface area contributed by atoms with Gasteiger partial charge in [-0.1, -0.05) is 36.4 Å². The number of pyridine rings is 1. The number of nitrogens with one attached hydrogen (secondary N) is 1.